The van der Waals surface area contributed by atoms with Crippen molar-refractivity contribution in [3.8, 4) is 0 Å². The van der Waals surface area contributed by atoms with Gasteiger partial charge in [0.1, 0.15) is 0 Å². The number of nitrogens with zero attached hydrogens (tertiary/aromatic N) is 1. The number of aromatic nitrogens is 1. The van der Waals surface area contributed by atoms with Crippen LogP contribution in [0.4, 0.5) is 0 Å². The molecule has 0 aliphatic carbocycles. The molecular weight excluding hydrogens is 422 g/mol. The molecule has 0 aliphatic rings. The summed E-state index contributed by atoms with van der Waals surface area (Å²) in [6, 6.07) is 13.3. The van der Waals surface area contributed by atoms with Crippen molar-refractivity contribution in [2.75, 3.05) is 0 Å². The maximum absolute atomic E-state index is 2.46. The van der Waals surface area contributed by atoms with Crippen molar-refractivity contribution in [1.29, 1.82) is 0 Å². The molecule has 196 valence electrons. The van der Waals surface area contributed by atoms with Gasteiger partial charge in [0.25, 0.3) is 0 Å². The summed E-state index contributed by atoms with van der Waals surface area (Å²) in [5.41, 5.74) is 4.60. The molecule has 35 heavy (non-hydrogen) atoms. The van der Waals surface area contributed by atoms with Crippen molar-refractivity contribution in [2.45, 2.75) is 149 Å². The van der Waals surface area contributed by atoms with Crippen molar-refractivity contribution in [3.05, 3.63) is 65.5 Å². The fourth-order valence-corrected chi connectivity index (χ4v) is 5.23. The molecule has 0 fully saturated rings. The summed E-state index contributed by atoms with van der Waals surface area (Å²) in [6.07, 6.45) is 32.6. The van der Waals surface area contributed by atoms with Gasteiger partial charge in [-0.05, 0) is 31.2 Å². The molecule has 0 radical (unpaired) electrons. The number of pyridine rings is 1. The zero-order valence-corrected chi connectivity index (χ0v) is 23.4. The van der Waals surface area contributed by atoms with Crippen LogP contribution in [0.15, 0.2) is 48.8 Å². The van der Waals surface area contributed by atoms with Gasteiger partial charge in [0.2, 0.25) is 0 Å². The summed E-state index contributed by atoms with van der Waals surface area (Å²) < 4.78 is 2.40. The molecule has 2 aromatic rings. The molecule has 0 unspecified atom stereocenters. The van der Waals surface area contributed by atoms with Crippen LogP contribution < -0.4 is 4.57 Å². The van der Waals surface area contributed by atoms with Crippen LogP contribution in [0.1, 0.15) is 146 Å². The summed E-state index contributed by atoms with van der Waals surface area (Å²) in [5.74, 6) is 0. The average Bonchev–Trinajstić information content (AvgIpc) is 2.88. The second-order valence-electron chi connectivity index (χ2n) is 10.8. The quantitative estimate of drug-likeness (QED) is 0.117. The lowest BCUT2D eigenvalue weighted by molar-refractivity contribution is -0.688. The second-order valence-corrected chi connectivity index (χ2v) is 10.8. The summed E-state index contributed by atoms with van der Waals surface area (Å²) in [4.78, 5) is 0. The van der Waals surface area contributed by atoms with Gasteiger partial charge in [-0.15, -0.1) is 0 Å². The van der Waals surface area contributed by atoms with Crippen LogP contribution in [-0.2, 0) is 19.4 Å². The van der Waals surface area contributed by atoms with Crippen LogP contribution in [0, 0.1) is 0 Å². The maximum atomic E-state index is 2.46. The van der Waals surface area contributed by atoms with Crippen molar-refractivity contribution in [3.63, 3.8) is 0 Å². The third-order valence-corrected chi connectivity index (χ3v) is 7.51. The molecule has 0 spiro atoms. The van der Waals surface area contributed by atoms with Gasteiger partial charge in [-0.25, -0.2) is 4.57 Å². The Bertz CT molecular complexity index is 736. The predicted octanol–water partition coefficient (Wildman–Crippen LogP) is 10.2. The number of aryl methyl sites for hydroxylation is 2. The second kappa shape index (κ2) is 20.6. The molecule has 0 N–H and O–H groups in total. The SMILES string of the molecule is CCCCCCCCCCCc1cc[n+](Cc2ccccc2)cc1CCCCCCCCCCC. The van der Waals surface area contributed by atoms with E-state index in [0.717, 1.165) is 6.54 Å². The third-order valence-electron chi connectivity index (χ3n) is 7.51. The fourth-order valence-electron chi connectivity index (χ4n) is 5.23. The molecule has 0 amide bonds. The van der Waals surface area contributed by atoms with E-state index >= 15 is 0 Å². The molecule has 1 heteroatoms. The molecular formula is C34H56N+. The Morgan fingerprint density at radius 2 is 0.943 bits per heavy atom. The highest BCUT2D eigenvalue weighted by molar-refractivity contribution is 5.22. The van der Waals surface area contributed by atoms with E-state index in [1.807, 2.05) is 0 Å². The maximum Gasteiger partial charge on any atom is 0.173 e. The first-order chi connectivity index (χ1) is 17.3. The van der Waals surface area contributed by atoms with Crippen molar-refractivity contribution in [2.24, 2.45) is 0 Å². The van der Waals surface area contributed by atoms with Gasteiger partial charge in [-0.1, -0.05) is 147 Å². The Labute approximate surface area is 218 Å². The standard InChI is InChI=1S/C34H56N/c1-3-5-7-9-11-13-15-17-22-26-33-28-29-35(30-32-24-20-19-21-25-32)31-34(33)27-23-18-16-14-12-10-8-6-4-2/h19-21,24-25,28-29,31H,3-18,22-23,26-27,30H2,1-2H3/q+1. The summed E-state index contributed by atoms with van der Waals surface area (Å²) in [5, 5.41) is 0. The van der Waals surface area contributed by atoms with Gasteiger partial charge in [-0.2, -0.15) is 0 Å². The molecule has 1 aromatic heterocycles. The monoisotopic (exact) mass is 478 g/mol. The number of benzene rings is 1. The van der Waals surface area contributed by atoms with Crippen LogP contribution in [0.3, 0.4) is 0 Å². The molecule has 1 heterocycles. The van der Waals surface area contributed by atoms with Gasteiger partial charge in [-0.3, -0.25) is 0 Å². The van der Waals surface area contributed by atoms with Crippen LogP contribution in [0.5, 0.6) is 0 Å². The smallest absolute Gasteiger partial charge is 0.173 e. The average molecular weight is 479 g/mol. The van der Waals surface area contributed by atoms with Crippen molar-refractivity contribution in [1.82, 2.24) is 0 Å². The molecule has 0 bridgehead atoms. The largest absolute Gasteiger partial charge is 0.200 e. The number of rotatable bonds is 22. The highest BCUT2D eigenvalue weighted by Gasteiger charge is 2.10. The Balaban J connectivity index is 1.77. The first kappa shape index (κ1) is 29.6. The minimum atomic E-state index is 0.976. The normalized spacial score (nSPS) is 11.3. The van der Waals surface area contributed by atoms with Crippen molar-refractivity contribution < 1.29 is 4.57 Å². The van der Waals surface area contributed by atoms with Crippen LogP contribution in [-0.4, -0.2) is 0 Å². The van der Waals surface area contributed by atoms with Crippen LogP contribution in [0.25, 0.3) is 0 Å². The van der Waals surface area contributed by atoms with E-state index in [1.165, 1.54) is 134 Å². The highest BCUT2D eigenvalue weighted by Crippen LogP contribution is 2.17. The first-order valence-corrected chi connectivity index (χ1v) is 15.4. The van der Waals surface area contributed by atoms with E-state index in [4.69, 9.17) is 0 Å². The van der Waals surface area contributed by atoms with E-state index < -0.39 is 0 Å². The molecule has 0 aliphatic heterocycles. The number of hydrogen-bond donors (Lipinski definition) is 0. The molecule has 1 aromatic carbocycles. The van der Waals surface area contributed by atoms with E-state index in [1.54, 1.807) is 11.1 Å². The lowest BCUT2D eigenvalue weighted by Gasteiger charge is -2.10. The topological polar surface area (TPSA) is 3.88 Å². The molecule has 1 nitrogen and oxygen atoms in total. The zero-order chi connectivity index (χ0) is 24.8. The van der Waals surface area contributed by atoms with Gasteiger partial charge >= 0.3 is 0 Å². The minimum Gasteiger partial charge on any atom is -0.200 e. The predicted molar refractivity (Wildman–Crippen MR) is 154 cm³/mol. The number of unbranched alkanes of at least 4 members (excludes halogenated alkanes) is 16. The van der Waals surface area contributed by atoms with E-state index in [-0.39, 0.29) is 0 Å². The zero-order valence-electron chi connectivity index (χ0n) is 23.4. The summed E-state index contributed by atoms with van der Waals surface area (Å²) in [7, 11) is 0. The van der Waals surface area contributed by atoms with Crippen LogP contribution in [0.2, 0.25) is 0 Å². The molecule has 0 saturated heterocycles. The Morgan fingerprint density at radius 3 is 1.46 bits per heavy atom. The third kappa shape index (κ3) is 14.5. The van der Waals surface area contributed by atoms with E-state index in [9.17, 15) is 0 Å². The molecule has 0 saturated carbocycles. The lowest BCUT2D eigenvalue weighted by Crippen LogP contribution is -2.34. The van der Waals surface area contributed by atoms with Crippen molar-refractivity contribution >= 4 is 0 Å². The minimum absolute atomic E-state index is 0.976. The first-order valence-electron chi connectivity index (χ1n) is 15.4. The lowest BCUT2D eigenvalue weighted by atomic mass is 9.97. The van der Waals surface area contributed by atoms with Gasteiger partial charge in [0.05, 0.1) is 0 Å². The number of hydrogen-bond acceptors (Lipinski definition) is 0. The Kier molecular flexibility index (Phi) is 17.4. The molecule has 0 atom stereocenters. The molecule has 2 rings (SSSR count). The van der Waals surface area contributed by atoms with Gasteiger partial charge < -0.3 is 0 Å². The van der Waals surface area contributed by atoms with Crippen LogP contribution >= 0.6 is 0 Å². The van der Waals surface area contributed by atoms with E-state index in [0.29, 0.717) is 0 Å². The van der Waals surface area contributed by atoms with E-state index in [2.05, 4.69) is 67.2 Å². The highest BCUT2D eigenvalue weighted by atomic mass is 14.9. The summed E-state index contributed by atoms with van der Waals surface area (Å²) in [6.45, 7) is 5.58. The summed E-state index contributed by atoms with van der Waals surface area (Å²) >= 11 is 0. The fraction of sp³-hybridized carbons (Fsp3) is 0.676. The Hall–Kier alpha value is -1.63. The van der Waals surface area contributed by atoms with Gasteiger partial charge in [0, 0.05) is 17.2 Å². The Morgan fingerprint density at radius 1 is 0.486 bits per heavy atom. The van der Waals surface area contributed by atoms with Gasteiger partial charge in [0.15, 0.2) is 18.9 Å².